The molecule has 0 aromatic heterocycles. The molecule has 0 amide bonds. The van der Waals surface area contributed by atoms with Crippen molar-refractivity contribution < 1.29 is 9.53 Å². The summed E-state index contributed by atoms with van der Waals surface area (Å²) in [6.45, 7) is 0. The lowest BCUT2D eigenvalue weighted by Crippen LogP contribution is -2.40. The minimum atomic E-state index is -0.776. The molecule has 102 valence electrons. The van der Waals surface area contributed by atoms with Crippen LogP contribution >= 0.6 is 0 Å². The Hall–Kier alpha value is -2.16. The van der Waals surface area contributed by atoms with Crippen molar-refractivity contribution in [2.75, 3.05) is 7.11 Å². The number of aryl methyl sites for hydroxylation is 1. The van der Waals surface area contributed by atoms with E-state index in [1.165, 1.54) is 5.56 Å². The molecule has 4 heteroatoms. The standard InChI is InChI=1S/C16H16N2O2/c1-20-16(9-2-3-10-18-16)14-8-7-12-5-4-6-13(12)15(14)17-11-19/h2-3,7-10,18H,4-6H2,1H3. The first-order valence-corrected chi connectivity index (χ1v) is 6.71. The Bertz CT molecular complexity index is 642. The lowest BCUT2D eigenvalue weighted by Gasteiger charge is -2.33. The SMILES string of the molecule is COC1(c2ccc3c(c2N=C=O)CCC3)C=CC=CN1. The van der Waals surface area contributed by atoms with Crippen molar-refractivity contribution in [3.8, 4) is 0 Å². The third-order valence-electron chi connectivity index (χ3n) is 3.97. The van der Waals surface area contributed by atoms with Gasteiger partial charge < -0.3 is 10.1 Å². The van der Waals surface area contributed by atoms with Gasteiger partial charge in [-0.05, 0) is 48.7 Å². The predicted octanol–water partition coefficient (Wildman–Crippen LogP) is 2.61. The average molecular weight is 268 g/mol. The molecule has 1 aromatic rings. The molecule has 2 aliphatic rings. The van der Waals surface area contributed by atoms with Crippen LogP contribution in [0.1, 0.15) is 23.1 Å². The van der Waals surface area contributed by atoms with Gasteiger partial charge in [0.1, 0.15) is 0 Å². The van der Waals surface area contributed by atoms with Gasteiger partial charge in [0.15, 0.2) is 5.72 Å². The number of carbonyl (C=O) groups excluding carboxylic acids is 1. The Morgan fingerprint density at radius 2 is 2.25 bits per heavy atom. The molecule has 0 fully saturated rings. The smallest absolute Gasteiger partial charge is 0.240 e. The highest BCUT2D eigenvalue weighted by molar-refractivity contribution is 5.64. The van der Waals surface area contributed by atoms with E-state index < -0.39 is 5.72 Å². The lowest BCUT2D eigenvalue weighted by atomic mass is 9.94. The van der Waals surface area contributed by atoms with Crippen LogP contribution in [0, 0.1) is 0 Å². The van der Waals surface area contributed by atoms with Crippen molar-refractivity contribution in [2.24, 2.45) is 4.99 Å². The summed E-state index contributed by atoms with van der Waals surface area (Å²) in [6.07, 6.45) is 12.3. The number of hydrogen-bond donors (Lipinski definition) is 1. The van der Waals surface area contributed by atoms with E-state index in [9.17, 15) is 4.79 Å². The fourth-order valence-corrected chi connectivity index (χ4v) is 2.99. The summed E-state index contributed by atoms with van der Waals surface area (Å²) >= 11 is 0. The maximum Gasteiger partial charge on any atom is 0.240 e. The molecule has 0 saturated heterocycles. The molecule has 4 nitrogen and oxygen atoms in total. The number of fused-ring (bicyclic) bond motifs is 1. The Labute approximate surface area is 117 Å². The Balaban J connectivity index is 2.21. The quantitative estimate of drug-likeness (QED) is 0.677. The van der Waals surface area contributed by atoms with Gasteiger partial charge in [-0.2, -0.15) is 4.99 Å². The number of dihydropyridines is 1. The molecule has 1 N–H and O–H groups in total. The van der Waals surface area contributed by atoms with Gasteiger partial charge >= 0.3 is 0 Å². The lowest BCUT2D eigenvalue weighted by molar-refractivity contribution is 0.00968. The number of methoxy groups -OCH3 is 1. The Morgan fingerprint density at radius 3 is 2.95 bits per heavy atom. The van der Waals surface area contributed by atoms with Crippen LogP contribution in [0.2, 0.25) is 0 Å². The predicted molar refractivity (Wildman–Crippen MR) is 76.4 cm³/mol. The van der Waals surface area contributed by atoms with E-state index in [2.05, 4.69) is 16.4 Å². The van der Waals surface area contributed by atoms with Crippen molar-refractivity contribution in [3.05, 3.63) is 53.3 Å². The topological polar surface area (TPSA) is 50.7 Å². The van der Waals surface area contributed by atoms with E-state index in [1.54, 1.807) is 13.2 Å². The number of nitrogens with zero attached hydrogens (tertiary/aromatic N) is 1. The second kappa shape index (κ2) is 5.08. The number of allylic oxidation sites excluding steroid dienone is 2. The number of rotatable bonds is 3. The summed E-state index contributed by atoms with van der Waals surface area (Å²) in [6, 6.07) is 4.09. The van der Waals surface area contributed by atoms with Crippen molar-refractivity contribution in [3.63, 3.8) is 0 Å². The molecule has 1 aliphatic carbocycles. The number of aliphatic imine (C=N–C) groups is 1. The van der Waals surface area contributed by atoms with E-state index >= 15 is 0 Å². The summed E-state index contributed by atoms with van der Waals surface area (Å²) in [7, 11) is 1.64. The van der Waals surface area contributed by atoms with Gasteiger partial charge in [-0.3, -0.25) is 0 Å². The van der Waals surface area contributed by atoms with Crippen LogP contribution in [0.15, 0.2) is 41.6 Å². The molecular weight excluding hydrogens is 252 g/mol. The van der Waals surface area contributed by atoms with Crippen LogP contribution < -0.4 is 5.32 Å². The molecule has 1 unspecified atom stereocenters. The molecule has 1 atom stereocenters. The maximum absolute atomic E-state index is 10.8. The summed E-state index contributed by atoms with van der Waals surface area (Å²) < 4.78 is 5.67. The summed E-state index contributed by atoms with van der Waals surface area (Å²) in [5.41, 5.74) is 3.19. The van der Waals surface area contributed by atoms with E-state index in [0.29, 0.717) is 5.69 Å². The van der Waals surface area contributed by atoms with Gasteiger partial charge in [-0.25, -0.2) is 4.79 Å². The second-order valence-electron chi connectivity index (χ2n) is 4.96. The second-order valence-corrected chi connectivity index (χ2v) is 4.96. The summed E-state index contributed by atoms with van der Waals surface area (Å²) in [5, 5.41) is 3.21. The minimum Gasteiger partial charge on any atom is -0.357 e. The Kier molecular flexibility index (Phi) is 3.26. The zero-order valence-corrected chi connectivity index (χ0v) is 11.3. The van der Waals surface area contributed by atoms with Gasteiger partial charge in [0, 0.05) is 12.7 Å². The first kappa shape index (κ1) is 12.9. The molecule has 1 aliphatic heterocycles. The minimum absolute atomic E-state index is 0.698. The number of benzene rings is 1. The van der Waals surface area contributed by atoms with Crippen LogP contribution in [0.25, 0.3) is 0 Å². The normalized spacial score (nSPS) is 23.1. The first-order valence-electron chi connectivity index (χ1n) is 6.71. The van der Waals surface area contributed by atoms with Crippen LogP contribution in [0.5, 0.6) is 0 Å². The van der Waals surface area contributed by atoms with Crippen molar-refractivity contribution in [1.82, 2.24) is 5.32 Å². The molecule has 0 bridgehead atoms. The van der Waals surface area contributed by atoms with Crippen LogP contribution in [-0.2, 0) is 28.1 Å². The highest BCUT2D eigenvalue weighted by Gasteiger charge is 2.33. The van der Waals surface area contributed by atoms with Crippen LogP contribution in [-0.4, -0.2) is 13.2 Å². The largest absolute Gasteiger partial charge is 0.357 e. The first-order chi connectivity index (χ1) is 9.80. The van der Waals surface area contributed by atoms with Crippen molar-refractivity contribution >= 4 is 11.8 Å². The zero-order valence-electron chi connectivity index (χ0n) is 11.3. The molecule has 0 radical (unpaired) electrons. The van der Waals surface area contributed by atoms with E-state index in [4.69, 9.17) is 4.74 Å². The number of isocyanates is 1. The number of nitrogens with one attached hydrogen (secondary N) is 1. The van der Waals surface area contributed by atoms with Gasteiger partial charge in [-0.1, -0.05) is 18.2 Å². The van der Waals surface area contributed by atoms with Crippen molar-refractivity contribution in [2.45, 2.75) is 25.0 Å². The van der Waals surface area contributed by atoms with Crippen molar-refractivity contribution in [1.29, 1.82) is 0 Å². The highest BCUT2D eigenvalue weighted by atomic mass is 16.5. The molecule has 20 heavy (non-hydrogen) atoms. The van der Waals surface area contributed by atoms with Crippen LogP contribution in [0.4, 0.5) is 5.69 Å². The van der Waals surface area contributed by atoms with Gasteiger partial charge in [0.05, 0.1) is 5.69 Å². The monoisotopic (exact) mass is 268 g/mol. The third-order valence-corrected chi connectivity index (χ3v) is 3.97. The average Bonchev–Trinajstić information content (AvgIpc) is 2.97. The molecule has 0 saturated carbocycles. The third kappa shape index (κ3) is 1.90. The zero-order chi connectivity index (χ0) is 14.0. The van der Waals surface area contributed by atoms with E-state index in [0.717, 1.165) is 30.4 Å². The van der Waals surface area contributed by atoms with E-state index in [1.807, 2.05) is 30.5 Å². The number of hydrogen-bond acceptors (Lipinski definition) is 4. The fraction of sp³-hybridized carbons (Fsp3) is 0.312. The summed E-state index contributed by atoms with van der Waals surface area (Å²) in [5.74, 6) is 0. The highest BCUT2D eigenvalue weighted by Crippen LogP contribution is 2.40. The summed E-state index contributed by atoms with van der Waals surface area (Å²) in [4.78, 5) is 14.8. The maximum atomic E-state index is 10.8. The Morgan fingerprint density at radius 1 is 1.35 bits per heavy atom. The van der Waals surface area contributed by atoms with Gasteiger partial charge in [0.2, 0.25) is 6.08 Å². The molecule has 1 heterocycles. The molecule has 0 spiro atoms. The van der Waals surface area contributed by atoms with Crippen LogP contribution in [0.3, 0.4) is 0 Å². The molecule has 3 rings (SSSR count). The van der Waals surface area contributed by atoms with Gasteiger partial charge in [-0.15, -0.1) is 0 Å². The molecule has 1 aromatic carbocycles. The van der Waals surface area contributed by atoms with Gasteiger partial charge in [0.25, 0.3) is 0 Å². The fourth-order valence-electron chi connectivity index (χ4n) is 2.99. The van der Waals surface area contributed by atoms with E-state index in [-0.39, 0.29) is 0 Å². The molecular formula is C16H16N2O2. The number of ether oxygens (including phenoxy) is 1.